The molecular formula is C16H20N2O5S2. The average molecular weight is 384 g/mol. The number of hydrogen-bond donors (Lipinski definition) is 2. The molecule has 2 N–H and O–H groups in total. The number of aliphatic carboxylic acids is 1. The summed E-state index contributed by atoms with van der Waals surface area (Å²) < 4.78 is 5.17. The first-order valence-electron chi connectivity index (χ1n) is 8.19. The SMILES string of the molecule is CCOC(=O)c1c(NC(=O)N2CCC(C(=O)O)C2)sc2c1CCSC2. The molecule has 1 aromatic rings. The van der Waals surface area contributed by atoms with Crippen LogP contribution in [0.1, 0.15) is 34.1 Å². The Morgan fingerprint density at radius 2 is 2.20 bits per heavy atom. The third-order valence-electron chi connectivity index (χ3n) is 4.34. The highest BCUT2D eigenvalue weighted by Crippen LogP contribution is 2.40. The number of thiophene rings is 1. The van der Waals surface area contributed by atoms with E-state index < -0.39 is 17.9 Å². The minimum atomic E-state index is -0.883. The molecule has 0 saturated carbocycles. The molecular weight excluding hydrogens is 364 g/mol. The number of nitrogens with one attached hydrogen (secondary N) is 1. The molecule has 7 nitrogen and oxygen atoms in total. The van der Waals surface area contributed by atoms with Gasteiger partial charge in [-0.1, -0.05) is 0 Å². The number of esters is 1. The van der Waals surface area contributed by atoms with E-state index in [4.69, 9.17) is 9.84 Å². The fraction of sp³-hybridized carbons (Fsp3) is 0.562. The van der Waals surface area contributed by atoms with Gasteiger partial charge in [-0.2, -0.15) is 11.8 Å². The van der Waals surface area contributed by atoms with Crippen LogP contribution in [0.4, 0.5) is 9.80 Å². The van der Waals surface area contributed by atoms with Crippen LogP contribution >= 0.6 is 23.1 Å². The third kappa shape index (κ3) is 3.77. The Hall–Kier alpha value is -1.74. The van der Waals surface area contributed by atoms with Crippen molar-refractivity contribution in [3.8, 4) is 0 Å². The molecule has 2 aliphatic heterocycles. The first-order chi connectivity index (χ1) is 12.0. The van der Waals surface area contributed by atoms with Gasteiger partial charge in [0.15, 0.2) is 0 Å². The van der Waals surface area contributed by atoms with Crippen molar-refractivity contribution in [2.75, 3.05) is 30.8 Å². The molecule has 1 atom stereocenters. The predicted molar refractivity (Wildman–Crippen MR) is 96.5 cm³/mol. The maximum atomic E-state index is 12.5. The van der Waals surface area contributed by atoms with Gasteiger partial charge < -0.3 is 14.7 Å². The van der Waals surface area contributed by atoms with Crippen LogP contribution in [0.25, 0.3) is 0 Å². The van der Waals surface area contributed by atoms with Crippen molar-refractivity contribution in [1.82, 2.24) is 4.90 Å². The molecule has 0 bridgehead atoms. The summed E-state index contributed by atoms with van der Waals surface area (Å²) in [7, 11) is 0. The Balaban J connectivity index is 1.80. The molecule has 1 aromatic heterocycles. The van der Waals surface area contributed by atoms with Crippen LogP contribution in [0.3, 0.4) is 0 Å². The van der Waals surface area contributed by atoms with Crippen LogP contribution in [-0.4, -0.2) is 53.4 Å². The molecule has 2 amide bonds. The lowest BCUT2D eigenvalue weighted by molar-refractivity contribution is -0.141. The van der Waals surface area contributed by atoms with Gasteiger partial charge in [0.25, 0.3) is 0 Å². The smallest absolute Gasteiger partial charge is 0.341 e. The van der Waals surface area contributed by atoms with Crippen molar-refractivity contribution in [1.29, 1.82) is 0 Å². The summed E-state index contributed by atoms with van der Waals surface area (Å²) >= 11 is 3.22. The summed E-state index contributed by atoms with van der Waals surface area (Å²) in [6.07, 6.45) is 1.23. The summed E-state index contributed by atoms with van der Waals surface area (Å²) in [6, 6.07) is -0.361. The molecule has 1 fully saturated rings. The number of rotatable bonds is 4. The number of urea groups is 1. The quantitative estimate of drug-likeness (QED) is 0.775. The van der Waals surface area contributed by atoms with Gasteiger partial charge in [0.2, 0.25) is 0 Å². The van der Waals surface area contributed by atoms with E-state index in [-0.39, 0.29) is 19.2 Å². The maximum absolute atomic E-state index is 12.5. The van der Waals surface area contributed by atoms with Crippen LogP contribution in [0.5, 0.6) is 0 Å². The van der Waals surface area contributed by atoms with Gasteiger partial charge in [0.05, 0.1) is 18.1 Å². The first kappa shape index (κ1) is 18.1. The van der Waals surface area contributed by atoms with Gasteiger partial charge in [0.1, 0.15) is 5.00 Å². The molecule has 1 saturated heterocycles. The van der Waals surface area contributed by atoms with Crippen molar-refractivity contribution in [3.05, 3.63) is 16.0 Å². The third-order valence-corrected chi connectivity index (χ3v) is 6.66. The lowest BCUT2D eigenvalue weighted by atomic mass is 10.1. The van der Waals surface area contributed by atoms with E-state index >= 15 is 0 Å². The van der Waals surface area contributed by atoms with Gasteiger partial charge in [-0.25, -0.2) is 9.59 Å². The first-order valence-corrected chi connectivity index (χ1v) is 10.2. The highest BCUT2D eigenvalue weighted by atomic mass is 32.2. The monoisotopic (exact) mass is 384 g/mol. The largest absolute Gasteiger partial charge is 0.481 e. The summed E-state index contributed by atoms with van der Waals surface area (Å²) in [5.41, 5.74) is 1.44. The highest BCUT2D eigenvalue weighted by molar-refractivity contribution is 7.98. The number of nitrogens with zero attached hydrogens (tertiary/aromatic N) is 1. The van der Waals surface area contributed by atoms with Crippen molar-refractivity contribution >= 4 is 46.1 Å². The topological polar surface area (TPSA) is 95.9 Å². The van der Waals surface area contributed by atoms with E-state index in [1.54, 1.807) is 18.7 Å². The second-order valence-corrected chi connectivity index (χ2v) is 8.14. The van der Waals surface area contributed by atoms with Crippen molar-refractivity contribution < 1.29 is 24.2 Å². The standard InChI is InChI=1S/C16H20N2O5S2/c1-2-23-15(21)12-10-4-6-24-8-11(10)25-13(12)17-16(22)18-5-3-9(7-18)14(19)20/h9H,2-8H2,1H3,(H,17,22)(H,19,20). The van der Waals surface area contributed by atoms with E-state index in [0.29, 0.717) is 23.5 Å². The van der Waals surface area contributed by atoms with Gasteiger partial charge >= 0.3 is 18.0 Å². The predicted octanol–water partition coefficient (Wildman–Crippen LogP) is 2.65. The van der Waals surface area contributed by atoms with Gasteiger partial charge in [0, 0.05) is 23.7 Å². The second kappa shape index (κ2) is 7.65. The minimum Gasteiger partial charge on any atom is -0.481 e. The maximum Gasteiger partial charge on any atom is 0.341 e. The van der Waals surface area contributed by atoms with Crippen LogP contribution in [0.15, 0.2) is 0 Å². The summed E-state index contributed by atoms with van der Waals surface area (Å²) in [6.45, 7) is 2.62. The fourth-order valence-corrected chi connectivity index (χ4v) is 5.42. The summed E-state index contributed by atoms with van der Waals surface area (Å²) in [4.78, 5) is 38.5. The Morgan fingerprint density at radius 3 is 2.88 bits per heavy atom. The molecule has 0 aromatic carbocycles. The normalized spacial score (nSPS) is 19.4. The molecule has 3 rings (SSSR count). The zero-order valence-corrected chi connectivity index (χ0v) is 15.5. The van der Waals surface area contributed by atoms with E-state index in [1.165, 1.54) is 16.2 Å². The Kier molecular flexibility index (Phi) is 5.53. The second-order valence-electron chi connectivity index (χ2n) is 5.93. The summed E-state index contributed by atoms with van der Waals surface area (Å²) in [5.74, 6) is -0.0513. The van der Waals surface area contributed by atoms with E-state index in [9.17, 15) is 14.4 Å². The van der Waals surface area contributed by atoms with Crippen LogP contribution in [0, 0.1) is 5.92 Å². The number of fused-ring (bicyclic) bond motifs is 1. The number of carbonyl (C=O) groups excluding carboxylic acids is 2. The number of carboxylic acid groups (broad SMARTS) is 1. The number of carboxylic acids is 1. The molecule has 0 spiro atoms. The number of hydrogen-bond acceptors (Lipinski definition) is 6. The number of thioether (sulfide) groups is 1. The van der Waals surface area contributed by atoms with Crippen LogP contribution in [0.2, 0.25) is 0 Å². The molecule has 0 aliphatic carbocycles. The zero-order chi connectivity index (χ0) is 18.0. The lowest BCUT2D eigenvalue weighted by Crippen LogP contribution is -2.34. The molecule has 3 heterocycles. The van der Waals surface area contributed by atoms with Gasteiger partial charge in [-0.05, 0) is 31.1 Å². The Morgan fingerprint density at radius 1 is 1.40 bits per heavy atom. The lowest BCUT2D eigenvalue weighted by Gasteiger charge is -2.17. The molecule has 25 heavy (non-hydrogen) atoms. The number of amides is 2. The van der Waals surface area contributed by atoms with Crippen LogP contribution in [-0.2, 0) is 21.7 Å². The van der Waals surface area contributed by atoms with Crippen molar-refractivity contribution in [2.24, 2.45) is 5.92 Å². The number of ether oxygens (including phenoxy) is 1. The van der Waals surface area contributed by atoms with E-state index in [0.717, 1.165) is 28.4 Å². The summed E-state index contributed by atoms with van der Waals surface area (Å²) in [5, 5.41) is 12.4. The molecule has 9 heteroatoms. The molecule has 0 radical (unpaired) electrons. The number of carbonyl (C=O) groups is 3. The average Bonchev–Trinajstić information content (AvgIpc) is 3.19. The van der Waals surface area contributed by atoms with Gasteiger partial charge in [-0.15, -0.1) is 11.3 Å². The fourth-order valence-electron chi connectivity index (χ4n) is 3.06. The van der Waals surface area contributed by atoms with Crippen molar-refractivity contribution in [2.45, 2.75) is 25.5 Å². The van der Waals surface area contributed by atoms with E-state index in [2.05, 4.69) is 5.32 Å². The molecule has 136 valence electrons. The Labute approximate surface area is 153 Å². The highest BCUT2D eigenvalue weighted by Gasteiger charge is 2.33. The van der Waals surface area contributed by atoms with Gasteiger partial charge in [-0.3, -0.25) is 10.1 Å². The molecule has 2 aliphatic rings. The molecule has 1 unspecified atom stereocenters. The number of anilines is 1. The zero-order valence-electron chi connectivity index (χ0n) is 13.9. The van der Waals surface area contributed by atoms with E-state index in [1.807, 2.05) is 0 Å². The number of likely N-dealkylation sites (tertiary alicyclic amines) is 1. The Bertz CT molecular complexity index is 703. The van der Waals surface area contributed by atoms with Crippen molar-refractivity contribution in [3.63, 3.8) is 0 Å². The van der Waals surface area contributed by atoms with Crippen LogP contribution < -0.4 is 5.32 Å². The minimum absolute atomic E-state index is 0.191.